The first-order valence-electron chi connectivity index (χ1n) is 6.44. The lowest BCUT2D eigenvalue weighted by Gasteiger charge is -2.07. The number of benzene rings is 1. The van der Waals surface area contributed by atoms with Crippen LogP contribution in [0.15, 0.2) is 18.3 Å². The molecule has 1 aromatic heterocycles. The number of anilines is 2. The van der Waals surface area contributed by atoms with E-state index in [0.29, 0.717) is 12.1 Å². The van der Waals surface area contributed by atoms with E-state index in [1.54, 1.807) is 6.92 Å². The van der Waals surface area contributed by atoms with Gasteiger partial charge in [0.05, 0.1) is 17.6 Å². The van der Waals surface area contributed by atoms with Gasteiger partial charge in [-0.25, -0.2) is 13.6 Å². The highest BCUT2D eigenvalue weighted by atomic mass is 19.2. The van der Waals surface area contributed by atoms with Crippen LogP contribution in [0.2, 0.25) is 0 Å². The predicted octanol–water partition coefficient (Wildman–Crippen LogP) is 2.53. The molecule has 0 bridgehead atoms. The third-order valence-corrected chi connectivity index (χ3v) is 2.81. The Morgan fingerprint density at radius 1 is 1.43 bits per heavy atom. The fourth-order valence-corrected chi connectivity index (χ4v) is 1.85. The van der Waals surface area contributed by atoms with E-state index >= 15 is 0 Å². The summed E-state index contributed by atoms with van der Waals surface area (Å²) in [5.74, 6) is -3.39. The van der Waals surface area contributed by atoms with Gasteiger partial charge in [-0.15, -0.1) is 0 Å². The Kier molecular flexibility index (Phi) is 4.53. The van der Waals surface area contributed by atoms with Gasteiger partial charge in [0, 0.05) is 19.3 Å². The van der Waals surface area contributed by atoms with Crippen molar-refractivity contribution in [2.75, 3.05) is 11.9 Å². The molecule has 0 aliphatic heterocycles. The first-order chi connectivity index (χ1) is 10.8. The summed E-state index contributed by atoms with van der Waals surface area (Å²) in [5.41, 5.74) is -1.02. The van der Waals surface area contributed by atoms with Crippen molar-refractivity contribution < 1.29 is 23.2 Å². The molecule has 0 unspecified atom stereocenters. The van der Waals surface area contributed by atoms with Crippen LogP contribution in [0.3, 0.4) is 0 Å². The molecule has 0 aliphatic rings. The molecular formula is C13H12F2N4O4. The normalized spacial score (nSPS) is 10.4. The van der Waals surface area contributed by atoms with Crippen LogP contribution in [0, 0.1) is 21.7 Å². The number of ether oxygens (including phenoxy) is 1. The Hall–Kier alpha value is -3.04. The minimum atomic E-state index is -1.35. The number of nitrogens with one attached hydrogen (secondary N) is 1. The monoisotopic (exact) mass is 326 g/mol. The molecule has 0 amide bonds. The molecule has 0 aliphatic carbocycles. The van der Waals surface area contributed by atoms with Gasteiger partial charge in [-0.3, -0.25) is 14.8 Å². The largest absolute Gasteiger partial charge is 0.462 e. The van der Waals surface area contributed by atoms with E-state index in [4.69, 9.17) is 4.74 Å². The summed E-state index contributed by atoms with van der Waals surface area (Å²) in [6.45, 7) is 1.74. The van der Waals surface area contributed by atoms with Crippen molar-refractivity contribution in [1.82, 2.24) is 9.78 Å². The quantitative estimate of drug-likeness (QED) is 0.515. The minimum Gasteiger partial charge on any atom is -0.462 e. The first-order valence-corrected chi connectivity index (χ1v) is 6.44. The summed E-state index contributed by atoms with van der Waals surface area (Å²) in [5, 5.41) is 17.4. The Bertz CT molecular complexity index is 776. The van der Waals surface area contributed by atoms with Crippen LogP contribution in [0.1, 0.15) is 17.3 Å². The van der Waals surface area contributed by atoms with E-state index < -0.39 is 28.2 Å². The third-order valence-electron chi connectivity index (χ3n) is 2.81. The lowest BCUT2D eigenvalue weighted by Crippen LogP contribution is -2.07. The molecule has 23 heavy (non-hydrogen) atoms. The van der Waals surface area contributed by atoms with Crippen molar-refractivity contribution in [2.45, 2.75) is 6.92 Å². The molecule has 1 aromatic carbocycles. The van der Waals surface area contributed by atoms with Gasteiger partial charge in [-0.05, 0) is 6.92 Å². The molecule has 0 radical (unpaired) electrons. The topological polar surface area (TPSA) is 99.3 Å². The molecule has 8 nitrogen and oxygen atoms in total. The van der Waals surface area contributed by atoms with Crippen LogP contribution < -0.4 is 5.32 Å². The number of nitro groups is 1. The first kappa shape index (κ1) is 16.3. The molecule has 0 fully saturated rings. The summed E-state index contributed by atoms with van der Waals surface area (Å²) in [4.78, 5) is 21.9. The molecule has 0 saturated carbocycles. The molecule has 0 spiro atoms. The molecule has 122 valence electrons. The average Bonchev–Trinajstić information content (AvgIpc) is 2.83. The Morgan fingerprint density at radius 3 is 2.70 bits per heavy atom. The molecular weight excluding hydrogens is 314 g/mol. The van der Waals surface area contributed by atoms with Crippen LogP contribution in [0.5, 0.6) is 0 Å². The highest BCUT2D eigenvalue weighted by Crippen LogP contribution is 2.30. The van der Waals surface area contributed by atoms with Crippen molar-refractivity contribution in [3.63, 3.8) is 0 Å². The lowest BCUT2D eigenvalue weighted by atomic mass is 10.2. The standard InChI is InChI=1S/C13H12F2N4O4/c1-3-23-13(20)7-6-18(2)17-12(7)16-10-4-8(14)9(15)5-11(10)19(21)22/h4-6H,3H2,1-2H3,(H,16,17). The van der Waals surface area contributed by atoms with E-state index in [1.165, 1.54) is 17.9 Å². The summed E-state index contributed by atoms with van der Waals surface area (Å²) in [6.07, 6.45) is 1.34. The number of carbonyl (C=O) groups is 1. The molecule has 0 saturated heterocycles. The van der Waals surface area contributed by atoms with Gasteiger partial charge in [-0.2, -0.15) is 5.10 Å². The number of aryl methyl sites for hydroxylation is 1. The Labute approximate surface area is 128 Å². The number of nitro benzene ring substituents is 1. The van der Waals surface area contributed by atoms with Crippen LogP contribution in [-0.2, 0) is 11.8 Å². The average molecular weight is 326 g/mol. The van der Waals surface area contributed by atoms with E-state index in [1.807, 2.05) is 0 Å². The third kappa shape index (κ3) is 3.42. The van der Waals surface area contributed by atoms with Gasteiger partial charge in [-0.1, -0.05) is 0 Å². The molecule has 1 heterocycles. The maximum absolute atomic E-state index is 13.4. The second-order valence-corrected chi connectivity index (χ2v) is 4.45. The SMILES string of the molecule is CCOC(=O)c1cn(C)nc1Nc1cc(F)c(F)cc1[N+](=O)[O-]. The second kappa shape index (κ2) is 6.38. The number of rotatable bonds is 5. The van der Waals surface area contributed by atoms with Crippen molar-refractivity contribution in [2.24, 2.45) is 7.05 Å². The molecule has 0 atom stereocenters. The lowest BCUT2D eigenvalue weighted by molar-refractivity contribution is -0.384. The maximum atomic E-state index is 13.4. The minimum absolute atomic E-state index is 0.00776. The van der Waals surface area contributed by atoms with Gasteiger partial charge in [0.1, 0.15) is 11.3 Å². The van der Waals surface area contributed by atoms with Gasteiger partial charge in [0.15, 0.2) is 17.5 Å². The van der Waals surface area contributed by atoms with Crippen molar-refractivity contribution in [3.05, 3.63) is 45.6 Å². The Balaban J connectivity index is 2.46. The summed E-state index contributed by atoms with van der Waals surface area (Å²) >= 11 is 0. The zero-order valence-electron chi connectivity index (χ0n) is 12.2. The summed E-state index contributed by atoms with van der Waals surface area (Å²) < 4.78 is 32.6. The van der Waals surface area contributed by atoms with E-state index in [-0.39, 0.29) is 23.7 Å². The Morgan fingerprint density at radius 2 is 2.09 bits per heavy atom. The van der Waals surface area contributed by atoms with Crippen molar-refractivity contribution in [3.8, 4) is 0 Å². The maximum Gasteiger partial charge on any atom is 0.343 e. The van der Waals surface area contributed by atoms with Gasteiger partial charge < -0.3 is 10.1 Å². The highest BCUT2D eigenvalue weighted by molar-refractivity contribution is 5.95. The number of aromatic nitrogens is 2. The van der Waals surface area contributed by atoms with Gasteiger partial charge >= 0.3 is 5.97 Å². The van der Waals surface area contributed by atoms with Crippen LogP contribution in [0.4, 0.5) is 26.0 Å². The smallest absolute Gasteiger partial charge is 0.343 e. The zero-order chi connectivity index (χ0) is 17.1. The van der Waals surface area contributed by atoms with Crippen LogP contribution in [-0.4, -0.2) is 27.3 Å². The zero-order valence-corrected chi connectivity index (χ0v) is 12.2. The molecule has 2 rings (SSSR count). The van der Waals surface area contributed by atoms with E-state index in [2.05, 4.69) is 10.4 Å². The van der Waals surface area contributed by atoms with Gasteiger partial charge in [0.25, 0.3) is 5.69 Å². The number of halogens is 2. The highest BCUT2D eigenvalue weighted by Gasteiger charge is 2.23. The number of nitrogens with zero attached hydrogens (tertiary/aromatic N) is 3. The molecule has 1 N–H and O–H groups in total. The predicted molar refractivity (Wildman–Crippen MR) is 75.5 cm³/mol. The summed E-state index contributed by atoms with van der Waals surface area (Å²) in [6, 6.07) is 1.07. The van der Waals surface area contributed by atoms with E-state index in [9.17, 15) is 23.7 Å². The van der Waals surface area contributed by atoms with Crippen molar-refractivity contribution >= 4 is 23.2 Å². The summed E-state index contributed by atoms with van der Waals surface area (Å²) in [7, 11) is 1.52. The molecule has 10 heteroatoms. The fourth-order valence-electron chi connectivity index (χ4n) is 1.85. The second-order valence-electron chi connectivity index (χ2n) is 4.45. The number of hydrogen-bond acceptors (Lipinski definition) is 6. The molecule has 2 aromatic rings. The van der Waals surface area contributed by atoms with Crippen LogP contribution >= 0.6 is 0 Å². The van der Waals surface area contributed by atoms with Gasteiger partial charge in [0.2, 0.25) is 0 Å². The fraction of sp³-hybridized carbons (Fsp3) is 0.231. The number of hydrogen-bond donors (Lipinski definition) is 1. The van der Waals surface area contributed by atoms with Crippen molar-refractivity contribution in [1.29, 1.82) is 0 Å². The number of carbonyl (C=O) groups excluding carboxylic acids is 1. The van der Waals surface area contributed by atoms with E-state index in [0.717, 1.165) is 0 Å². The number of esters is 1. The van der Waals surface area contributed by atoms with Crippen LogP contribution in [0.25, 0.3) is 0 Å².